The summed E-state index contributed by atoms with van der Waals surface area (Å²) in [5.41, 5.74) is 13.9. The fourth-order valence-corrected chi connectivity index (χ4v) is 3.44. The van der Waals surface area contributed by atoms with Crippen molar-refractivity contribution in [3.8, 4) is 0 Å². The number of nitrogens with two attached hydrogens (primary N) is 2. The highest BCUT2D eigenvalue weighted by molar-refractivity contribution is 6.03. The van der Waals surface area contributed by atoms with Crippen LogP contribution in [0.2, 0.25) is 0 Å². The lowest BCUT2D eigenvalue weighted by Crippen LogP contribution is -2.59. The second-order valence-corrected chi connectivity index (χ2v) is 7.64. The topological polar surface area (TPSA) is 127 Å². The summed E-state index contributed by atoms with van der Waals surface area (Å²) >= 11 is 0. The molecule has 0 aliphatic rings. The number of aliphatic carboxylic acids is 1. The normalized spacial score (nSPS) is 13.8. The highest BCUT2D eigenvalue weighted by Gasteiger charge is 2.38. The molecule has 2 aromatic rings. The van der Waals surface area contributed by atoms with Crippen LogP contribution in [0, 0.1) is 0 Å². The predicted molar refractivity (Wildman–Crippen MR) is 119 cm³/mol. The third-order valence-corrected chi connectivity index (χ3v) is 5.13. The number of nitrogens with zero attached hydrogens (tertiary/aromatic N) is 1. The molecule has 3 atom stereocenters. The van der Waals surface area contributed by atoms with Crippen LogP contribution < -0.4 is 11.5 Å². The standard InChI is InChI=1S/C24H31N3O4/c1-2-3-14-21(24(30)31)27(22(28)19(25)15-17-10-6-4-7-11-17)23(29)20(26)16-18-12-8-5-9-13-18/h4-13,19-21H,2-3,14-16,25-26H2,1H3,(H,30,31)/t19-,20-,21-/m0/s1. The molecule has 0 heterocycles. The van der Waals surface area contributed by atoms with Gasteiger partial charge in [-0.25, -0.2) is 4.79 Å². The smallest absolute Gasteiger partial charge is 0.326 e. The van der Waals surface area contributed by atoms with Crippen LogP contribution in [-0.2, 0) is 27.2 Å². The van der Waals surface area contributed by atoms with Gasteiger partial charge in [-0.2, -0.15) is 0 Å². The molecule has 5 N–H and O–H groups in total. The van der Waals surface area contributed by atoms with E-state index in [-0.39, 0.29) is 19.3 Å². The Morgan fingerprint density at radius 1 is 0.839 bits per heavy atom. The highest BCUT2D eigenvalue weighted by Crippen LogP contribution is 2.16. The van der Waals surface area contributed by atoms with Crippen molar-refractivity contribution in [3.63, 3.8) is 0 Å². The fraction of sp³-hybridized carbons (Fsp3) is 0.375. The molecule has 166 valence electrons. The van der Waals surface area contributed by atoms with E-state index in [1.54, 1.807) is 0 Å². The van der Waals surface area contributed by atoms with E-state index in [1.807, 2.05) is 67.6 Å². The summed E-state index contributed by atoms with van der Waals surface area (Å²) in [5, 5.41) is 9.78. The summed E-state index contributed by atoms with van der Waals surface area (Å²) in [6.07, 6.45) is 1.82. The predicted octanol–water partition coefficient (Wildman–Crippen LogP) is 2.12. The Bertz CT molecular complexity index is 798. The van der Waals surface area contributed by atoms with Crippen molar-refractivity contribution in [2.75, 3.05) is 0 Å². The molecule has 0 aliphatic carbocycles. The van der Waals surface area contributed by atoms with Crippen molar-refractivity contribution in [3.05, 3.63) is 71.8 Å². The highest BCUT2D eigenvalue weighted by atomic mass is 16.4. The molecule has 0 bridgehead atoms. The number of carboxylic acid groups (broad SMARTS) is 1. The molecular formula is C24H31N3O4. The number of carboxylic acids is 1. The van der Waals surface area contributed by atoms with E-state index in [9.17, 15) is 19.5 Å². The fourth-order valence-electron chi connectivity index (χ4n) is 3.44. The maximum Gasteiger partial charge on any atom is 0.326 e. The molecule has 0 unspecified atom stereocenters. The minimum Gasteiger partial charge on any atom is -0.480 e. The first kappa shape index (κ1) is 24.2. The quantitative estimate of drug-likeness (QED) is 0.506. The second kappa shape index (κ2) is 12.0. The Morgan fingerprint density at radius 3 is 1.61 bits per heavy atom. The summed E-state index contributed by atoms with van der Waals surface area (Å²) < 4.78 is 0. The van der Waals surface area contributed by atoms with Crippen molar-refractivity contribution in [1.82, 2.24) is 4.90 Å². The molecular weight excluding hydrogens is 394 g/mol. The third-order valence-electron chi connectivity index (χ3n) is 5.13. The molecule has 0 saturated heterocycles. The van der Waals surface area contributed by atoms with Crippen LogP contribution in [0.3, 0.4) is 0 Å². The van der Waals surface area contributed by atoms with E-state index < -0.39 is 35.9 Å². The molecule has 0 spiro atoms. The number of carbonyl (C=O) groups excluding carboxylic acids is 2. The van der Waals surface area contributed by atoms with Gasteiger partial charge in [0.1, 0.15) is 6.04 Å². The number of benzene rings is 2. The monoisotopic (exact) mass is 425 g/mol. The zero-order chi connectivity index (χ0) is 22.8. The van der Waals surface area contributed by atoms with Crippen molar-refractivity contribution >= 4 is 17.8 Å². The molecule has 0 radical (unpaired) electrons. The van der Waals surface area contributed by atoms with E-state index in [0.29, 0.717) is 6.42 Å². The zero-order valence-corrected chi connectivity index (χ0v) is 17.8. The maximum atomic E-state index is 13.2. The van der Waals surface area contributed by atoms with Crippen LogP contribution >= 0.6 is 0 Å². The molecule has 0 saturated carbocycles. The molecule has 2 aromatic carbocycles. The van der Waals surface area contributed by atoms with Gasteiger partial charge >= 0.3 is 5.97 Å². The summed E-state index contributed by atoms with van der Waals surface area (Å²) in [5.74, 6) is -2.68. The van der Waals surface area contributed by atoms with E-state index in [4.69, 9.17) is 11.5 Å². The number of hydrogen-bond donors (Lipinski definition) is 3. The molecule has 2 rings (SSSR count). The minimum atomic E-state index is -1.30. The van der Waals surface area contributed by atoms with Crippen molar-refractivity contribution in [1.29, 1.82) is 0 Å². The SMILES string of the molecule is CCCC[C@@H](C(=O)O)N(C(=O)[C@@H](N)Cc1ccccc1)C(=O)[C@@H](N)Cc1ccccc1. The first-order valence-corrected chi connectivity index (χ1v) is 10.5. The van der Waals surface area contributed by atoms with Gasteiger partial charge in [-0.05, 0) is 30.4 Å². The van der Waals surface area contributed by atoms with Crippen LogP contribution in [-0.4, -0.2) is 45.9 Å². The molecule has 0 aromatic heterocycles. The van der Waals surface area contributed by atoms with Gasteiger partial charge in [0.15, 0.2) is 0 Å². The van der Waals surface area contributed by atoms with Crippen LogP contribution in [0.15, 0.2) is 60.7 Å². The number of rotatable bonds is 11. The van der Waals surface area contributed by atoms with E-state index in [0.717, 1.165) is 22.4 Å². The van der Waals surface area contributed by atoms with Gasteiger partial charge in [0, 0.05) is 0 Å². The Kier molecular flexibility index (Phi) is 9.37. The van der Waals surface area contributed by atoms with Crippen LogP contribution in [0.5, 0.6) is 0 Å². The lowest BCUT2D eigenvalue weighted by molar-refractivity contribution is -0.159. The van der Waals surface area contributed by atoms with Gasteiger partial charge in [0.05, 0.1) is 12.1 Å². The van der Waals surface area contributed by atoms with Gasteiger partial charge in [-0.1, -0.05) is 80.4 Å². The first-order chi connectivity index (χ1) is 14.8. The molecule has 31 heavy (non-hydrogen) atoms. The number of unbranched alkanes of at least 4 members (excludes halogenated alkanes) is 1. The van der Waals surface area contributed by atoms with Gasteiger partial charge in [-0.3, -0.25) is 14.5 Å². The molecule has 2 amide bonds. The lowest BCUT2D eigenvalue weighted by atomic mass is 10.00. The molecule has 7 heteroatoms. The second-order valence-electron chi connectivity index (χ2n) is 7.64. The van der Waals surface area contributed by atoms with Gasteiger partial charge in [0.25, 0.3) is 0 Å². The molecule has 0 fully saturated rings. The van der Waals surface area contributed by atoms with Crippen LogP contribution in [0.1, 0.15) is 37.3 Å². The van der Waals surface area contributed by atoms with Crippen molar-refractivity contribution in [2.24, 2.45) is 11.5 Å². The van der Waals surface area contributed by atoms with Gasteiger partial charge in [0.2, 0.25) is 11.8 Å². The van der Waals surface area contributed by atoms with Crippen LogP contribution in [0.25, 0.3) is 0 Å². The third kappa shape index (κ3) is 7.01. The number of imide groups is 1. The number of hydrogen-bond acceptors (Lipinski definition) is 5. The van der Waals surface area contributed by atoms with E-state index >= 15 is 0 Å². The lowest BCUT2D eigenvalue weighted by Gasteiger charge is -2.31. The van der Waals surface area contributed by atoms with E-state index in [1.165, 1.54) is 0 Å². The Labute approximate surface area is 183 Å². The largest absolute Gasteiger partial charge is 0.480 e. The summed E-state index contributed by atoms with van der Waals surface area (Å²) in [4.78, 5) is 39.2. The maximum absolute atomic E-state index is 13.2. The minimum absolute atomic E-state index is 0.152. The number of carbonyl (C=O) groups is 3. The molecule has 0 aliphatic heterocycles. The first-order valence-electron chi connectivity index (χ1n) is 10.5. The van der Waals surface area contributed by atoms with Gasteiger partial charge in [-0.15, -0.1) is 0 Å². The number of amides is 2. The summed E-state index contributed by atoms with van der Waals surface area (Å²) in [6, 6.07) is 14.9. The summed E-state index contributed by atoms with van der Waals surface area (Å²) in [7, 11) is 0. The molecule has 7 nitrogen and oxygen atoms in total. The Balaban J connectivity index is 2.28. The summed E-state index contributed by atoms with van der Waals surface area (Å²) in [6.45, 7) is 1.91. The van der Waals surface area contributed by atoms with Crippen molar-refractivity contribution < 1.29 is 19.5 Å². The van der Waals surface area contributed by atoms with E-state index in [2.05, 4.69) is 0 Å². The van der Waals surface area contributed by atoms with Crippen molar-refractivity contribution in [2.45, 2.75) is 57.2 Å². The average molecular weight is 426 g/mol. The van der Waals surface area contributed by atoms with Crippen LogP contribution in [0.4, 0.5) is 0 Å². The van der Waals surface area contributed by atoms with Gasteiger partial charge < -0.3 is 16.6 Å². The Hall–Kier alpha value is -3.03. The average Bonchev–Trinajstić information content (AvgIpc) is 2.77. The Morgan fingerprint density at radius 2 is 1.26 bits per heavy atom. The zero-order valence-electron chi connectivity index (χ0n) is 17.8.